The molecule has 2 aromatic rings. The molecule has 1 aliphatic rings. The smallest absolute Gasteiger partial charge is 0.257 e. The summed E-state index contributed by atoms with van der Waals surface area (Å²) in [6, 6.07) is 4.08. The van der Waals surface area contributed by atoms with Crippen LogP contribution in [-0.4, -0.2) is 42.9 Å². The summed E-state index contributed by atoms with van der Waals surface area (Å²) in [7, 11) is -4.00. The van der Waals surface area contributed by atoms with Crippen LogP contribution in [-0.2, 0) is 10.0 Å². The topological polar surface area (TPSA) is 86.7 Å². The molecular formula is C18H16ClF3N2O4S. The number of hydrogen-bond acceptors (Lipinski definition) is 4. The summed E-state index contributed by atoms with van der Waals surface area (Å²) in [4.78, 5) is 12.3. The quantitative estimate of drug-likeness (QED) is 0.688. The Hall–Kier alpha value is -2.14. The molecule has 1 atom stereocenters. The number of anilines is 1. The number of rotatable bonds is 5. The number of carbonyl (C=O) groups excluding carboxylic acids is 1. The number of carbonyl (C=O) groups is 1. The highest BCUT2D eigenvalue weighted by atomic mass is 35.5. The summed E-state index contributed by atoms with van der Waals surface area (Å²) >= 11 is 5.99. The first-order valence-corrected chi connectivity index (χ1v) is 10.3. The number of benzene rings is 2. The average Bonchev–Trinajstić information content (AvgIpc) is 3.16. The molecule has 156 valence electrons. The maximum atomic E-state index is 13.3. The SMILES string of the molecule is O=C(Nc1cc(F)c(F)c(F)c1)c1cc(S(=O)(=O)N2CCCC2CO)ccc1Cl. The second kappa shape index (κ2) is 8.31. The van der Waals surface area contributed by atoms with E-state index in [0.29, 0.717) is 25.0 Å². The first-order chi connectivity index (χ1) is 13.6. The van der Waals surface area contributed by atoms with Crippen molar-refractivity contribution < 1.29 is 31.5 Å². The minimum absolute atomic E-state index is 0.0929. The Labute approximate surface area is 169 Å². The molecule has 0 aliphatic carbocycles. The number of aliphatic hydroxyl groups excluding tert-OH is 1. The van der Waals surface area contributed by atoms with Crippen molar-refractivity contribution in [2.24, 2.45) is 0 Å². The van der Waals surface area contributed by atoms with Crippen molar-refractivity contribution in [3.05, 3.63) is 58.4 Å². The van der Waals surface area contributed by atoms with E-state index in [-0.39, 0.29) is 34.3 Å². The van der Waals surface area contributed by atoms with Crippen LogP contribution in [0.15, 0.2) is 35.2 Å². The van der Waals surface area contributed by atoms with E-state index in [2.05, 4.69) is 5.32 Å². The predicted octanol–water partition coefficient (Wildman–Crippen LogP) is 3.16. The second-order valence-corrected chi connectivity index (χ2v) is 8.74. The van der Waals surface area contributed by atoms with E-state index in [0.717, 1.165) is 10.4 Å². The fourth-order valence-corrected chi connectivity index (χ4v) is 5.02. The summed E-state index contributed by atoms with van der Waals surface area (Å²) in [6.07, 6.45) is 1.10. The summed E-state index contributed by atoms with van der Waals surface area (Å²) in [5.41, 5.74) is -0.617. The third-order valence-corrected chi connectivity index (χ3v) is 6.84. The molecule has 0 bridgehead atoms. The van der Waals surface area contributed by atoms with Crippen LogP contribution in [0.2, 0.25) is 5.02 Å². The van der Waals surface area contributed by atoms with E-state index in [1.54, 1.807) is 0 Å². The van der Waals surface area contributed by atoms with Crippen molar-refractivity contribution in [1.82, 2.24) is 4.31 Å². The van der Waals surface area contributed by atoms with Gasteiger partial charge in [-0.3, -0.25) is 4.79 Å². The predicted molar refractivity (Wildman–Crippen MR) is 99.7 cm³/mol. The zero-order chi connectivity index (χ0) is 21.3. The molecule has 1 saturated heterocycles. The van der Waals surface area contributed by atoms with Gasteiger partial charge >= 0.3 is 0 Å². The molecule has 0 spiro atoms. The Morgan fingerprint density at radius 1 is 1.21 bits per heavy atom. The molecule has 0 radical (unpaired) electrons. The highest BCUT2D eigenvalue weighted by Crippen LogP contribution is 2.29. The van der Waals surface area contributed by atoms with Crippen molar-refractivity contribution in [3.8, 4) is 0 Å². The summed E-state index contributed by atoms with van der Waals surface area (Å²) in [5, 5.41) is 11.4. The monoisotopic (exact) mass is 448 g/mol. The standard InChI is InChI=1S/C18H16ClF3N2O4S/c19-14-4-3-12(29(27,28)24-5-1-2-11(24)9-25)8-13(14)18(26)23-10-6-15(20)17(22)16(21)7-10/h3-4,6-8,11,25H,1-2,5,9H2,(H,23,26). The number of nitrogens with zero attached hydrogens (tertiary/aromatic N) is 1. The average molecular weight is 449 g/mol. The summed E-state index contributed by atoms with van der Waals surface area (Å²) in [5.74, 6) is -5.60. The molecule has 1 unspecified atom stereocenters. The van der Waals surface area contributed by atoms with Crippen LogP contribution in [0.5, 0.6) is 0 Å². The molecular weight excluding hydrogens is 433 g/mol. The van der Waals surface area contributed by atoms with E-state index >= 15 is 0 Å². The van der Waals surface area contributed by atoms with Crippen molar-refractivity contribution in [3.63, 3.8) is 0 Å². The van der Waals surface area contributed by atoms with E-state index in [4.69, 9.17) is 11.6 Å². The zero-order valence-electron chi connectivity index (χ0n) is 14.8. The summed E-state index contributed by atoms with van der Waals surface area (Å²) < 4.78 is 66.6. The van der Waals surface area contributed by atoms with Crippen LogP contribution >= 0.6 is 11.6 Å². The van der Waals surface area contributed by atoms with Gasteiger partial charge < -0.3 is 10.4 Å². The van der Waals surface area contributed by atoms with Crippen molar-refractivity contribution in [2.75, 3.05) is 18.5 Å². The van der Waals surface area contributed by atoms with E-state index in [9.17, 15) is 31.5 Å². The number of halogens is 4. The highest BCUT2D eigenvalue weighted by molar-refractivity contribution is 7.89. The molecule has 2 N–H and O–H groups in total. The third-order valence-electron chi connectivity index (χ3n) is 4.56. The largest absolute Gasteiger partial charge is 0.395 e. The first kappa shape index (κ1) is 21.6. The van der Waals surface area contributed by atoms with Crippen LogP contribution < -0.4 is 5.32 Å². The number of amides is 1. The molecule has 0 aromatic heterocycles. The van der Waals surface area contributed by atoms with Gasteiger partial charge in [0.1, 0.15) is 0 Å². The van der Waals surface area contributed by atoms with Crippen LogP contribution in [0.25, 0.3) is 0 Å². The molecule has 29 heavy (non-hydrogen) atoms. The number of hydrogen-bond donors (Lipinski definition) is 2. The Morgan fingerprint density at radius 2 is 1.86 bits per heavy atom. The van der Waals surface area contributed by atoms with Gasteiger partial charge in [-0.05, 0) is 31.0 Å². The van der Waals surface area contributed by atoms with E-state index in [1.807, 2.05) is 0 Å². The van der Waals surface area contributed by atoms with Gasteiger partial charge in [-0.2, -0.15) is 4.31 Å². The Morgan fingerprint density at radius 3 is 2.48 bits per heavy atom. The minimum atomic E-state index is -4.00. The second-order valence-electron chi connectivity index (χ2n) is 6.44. The molecule has 1 heterocycles. The van der Waals surface area contributed by atoms with Gasteiger partial charge in [-0.15, -0.1) is 0 Å². The fraction of sp³-hybridized carbons (Fsp3) is 0.278. The molecule has 1 amide bonds. The lowest BCUT2D eigenvalue weighted by molar-refractivity contribution is 0.102. The van der Waals surface area contributed by atoms with Crippen LogP contribution in [0.1, 0.15) is 23.2 Å². The number of aliphatic hydroxyl groups is 1. The lowest BCUT2D eigenvalue weighted by atomic mass is 10.2. The Kier molecular flexibility index (Phi) is 6.18. The normalized spacial score (nSPS) is 17.5. The van der Waals surface area contributed by atoms with E-state index in [1.165, 1.54) is 12.1 Å². The Bertz CT molecular complexity index is 1040. The van der Waals surface area contributed by atoms with Crippen LogP contribution in [0, 0.1) is 17.5 Å². The maximum absolute atomic E-state index is 13.3. The van der Waals surface area contributed by atoms with Gasteiger partial charge in [0.25, 0.3) is 5.91 Å². The fourth-order valence-electron chi connectivity index (χ4n) is 3.11. The van der Waals surface area contributed by atoms with Crippen molar-refractivity contribution >= 4 is 33.2 Å². The summed E-state index contributed by atoms with van der Waals surface area (Å²) in [6.45, 7) is -0.103. The lowest BCUT2D eigenvalue weighted by Gasteiger charge is -2.22. The minimum Gasteiger partial charge on any atom is -0.395 e. The first-order valence-electron chi connectivity index (χ1n) is 8.53. The Balaban J connectivity index is 1.92. The van der Waals surface area contributed by atoms with Gasteiger partial charge in [0.2, 0.25) is 10.0 Å². The lowest BCUT2D eigenvalue weighted by Crippen LogP contribution is -2.37. The van der Waals surface area contributed by atoms with Gasteiger partial charge in [-0.25, -0.2) is 21.6 Å². The molecule has 0 saturated carbocycles. The highest BCUT2D eigenvalue weighted by Gasteiger charge is 2.35. The van der Waals surface area contributed by atoms with Gasteiger partial charge in [0, 0.05) is 30.4 Å². The number of sulfonamides is 1. The van der Waals surface area contributed by atoms with E-state index < -0.39 is 39.4 Å². The van der Waals surface area contributed by atoms with Crippen molar-refractivity contribution in [2.45, 2.75) is 23.8 Å². The molecule has 1 aliphatic heterocycles. The molecule has 3 rings (SSSR count). The van der Waals surface area contributed by atoms with Crippen LogP contribution in [0.4, 0.5) is 18.9 Å². The van der Waals surface area contributed by atoms with Gasteiger partial charge in [-0.1, -0.05) is 11.6 Å². The number of nitrogens with one attached hydrogen (secondary N) is 1. The maximum Gasteiger partial charge on any atom is 0.257 e. The molecule has 1 fully saturated rings. The third kappa shape index (κ3) is 4.25. The van der Waals surface area contributed by atoms with Crippen LogP contribution in [0.3, 0.4) is 0 Å². The molecule has 2 aromatic carbocycles. The van der Waals surface area contributed by atoms with Gasteiger partial charge in [0.15, 0.2) is 17.5 Å². The molecule has 11 heteroatoms. The molecule has 6 nitrogen and oxygen atoms in total. The zero-order valence-corrected chi connectivity index (χ0v) is 16.4. The van der Waals surface area contributed by atoms with Gasteiger partial charge in [0.05, 0.1) is 22.1 Å². The van der Waals surface area contributed by atoms with Crippen molar-refractivity contribution in [1.29, 1.82) is 0 Å².